The SMILES string of the molecule is CCC(C)C(N)C(=O)NC(Cc1ccccc1)C(=O)NC(Cc1cnc[nH]1)C(=O)NC(C(=O)O)C(C)CC. The van der Waals surface area contributed by atoms with Crippen LogP contribution in [-0.4, -0.2) is 62.9 Å². The highest BCUT2D eigenvalue weighted by Gasteiger charge is 2.32. The maximum absolute atomic E-state index is 13.5. The predicted molar refractivity (Wildman–Crippen MR) is 143 cm³/mol. The zero-order valence-corrected chi connectivity index (χ0v) is 22.4. The van der Waals surface area contributed by atoms with Gasteiger partial charge in [0.25, 0.3) is 0 Å². The van der Waals surface area contributed by atoms with Crippen molar-refractivity contribution in [1.82, 2.24) is 25.9 Å². The van der Waals surface area contributed by atoms with Gasteiger partial charge in [-0.2, -0.15) is 0 Å². The van der Waals surface area contributed by atoms with Gasteiger partial charge in [-0.15, -0.1) is 0 Å². The summed E-state index contributed by atoms with van der Waals surface area (Å²) in [5.74, 6) is -3.29. The van der Waals surface area contributed by atoms with Gasteiger partial charge in [-0.3, -0.25) is 14.4 Å². The minimum atomic E-state index is -1.16. The zero-order valence-electron chi connectivity index (χ0n) is 22.4. The second-order valence-corrected chi connectivity index (χ2v) is 9.71. The molecule has 0 radical (unpaired) electrons. The molecule has 1 aromatic heterocycles. The van der Waals surface area contributed by atoms with Crippen LogP contribution in [0.2, 0.25) is 0 Å². The fourth-order valence-corrected chi connectivity index (χ4v) is 3.87. The Hall–Kier alpha value is -3.73. The van der Waals surface area contributed by atoms with E-state index in [1.54, 1.807) is 6.92 Å². The number of amides is 3. The number of aromatic nitrogens is 2. The Morgan fingerprint density at radius 1 is 0.895 bits per heavy atom. The van der Waals surface area contributed by atoms with Crippen LogP contribution in [0.1, 0.15) is 51.8 Å². The Kier molecular flexibility index (Phi) is 11.9. The van der Waals surface area contributed by atoms with Gasteiger partial charge >= 0.3 is 5.97 Å². The molecular formula is C27H40N6O5. The highest BCUT2D eigenvalue weighted by Crippen LogP contribution is 2.11. The molecule has 208 valence electrons. The molecule has 0 saturated carbocycles. The smallest absolute Gasteiger partial charge is 0.326 e. The first-order valence-electron chi connectivity index (χ1n) is 13.0. The van der Waals surface area contributed by atoms with Crippen molar-refractivity contribution in [3.05, 3.63) is 54.1 Å². The summed E-state index contributed by atoms with van der Waals surface area (Å²) in [6.07, 6.45) is 4.41. The first-order chi connectivity index (χ1) is 18.1. The van der Waals surface area contributed by atoms with Crippen LogP contribution in [0.5, 0.6) is 0 Å². The molecule has 0 aliphatic heterocycles. The number of nitrogens with one attached hydrogen (secondary N) is 4. The number of rotatable bonds is 15. The molecule has 0 spiro atoms. The van der Waals surface area contributed by atoms with Crippen molar-refractivity contribution in [2.45, 2.75) is 77.5 Å². The maximum Gasteiger partial charge on any atom is 0.326 e. The number of carbonyl (C=O) groups is 4. The number of nitrogens with zero attached hydrogens (tertiary/aromatic N) is 1. The molecule has 11 heteroatoms. The van der Waals surface area contributed by atoms with Gasteiger partial charge in [0.05, 0.1) is 12.4 Å². The van der Waals surface area contributed by atoms with Gasteiger partial charge in [-0.05, 0) is 17.4 Å². The molecule has 6 unspecified atom stereocenters. The van der Waals surface area contributed by atoms with Gasteiger partial charge in [0.2, 0.25) is 17.7 Å². The molecule has 3 amide bonds. The van der Waals surface area contributed by atoms with Crippen LogP contribution in [0.25, 0.3) is 0 Å². The molecular weight excluding hydrogens is 488 g/mol. The molecule has 38 heavy (non-hydrogen) atoms. The Morgan fingerprint density at radius 3 is 2.03 bits per heavy atom. The van der Waals surface area contributed by atoms with Crippen molar-refractivity contribution in [3.63, 3.8) is 0 Å². The van der Waals surface area contributed by atoms with Crippen molar-refractivity contribution in [2.24, 2.45) is 17.6 Å². The Morgan fingerprint density at radius 2 is 1.47 bits per heavy atom. The zero-order chi connectivity index (χ0) is 28.2. The molecule has 7 N–H and O–H groups in total. The average molecular weight is 529 g/mol. The largest absolute Gasteiger partial charge is 0.480 e. The number of carboxylic acid groups (broad SMARTS) is 1. The van der Waals surface area contributed by atoms with Gasteiger partial charge in [-0.25, -0.2) is 9.78 Å². The molecule has 2 aromatic rings. The number of H-pyrrole nitrogens is 1. The topological polar surface area (TPSA) is 179 Å². The van der Waals surface area contributed by atoms with Gasteiger partial charge in [0.15, 0.2) is 0 Å². The summed E-state index contributed by atoms with van der Waals surface area (Å²) in [4.78, 5) is 58.3. The minimum Gasteiger partial charge on any atom is -0.480 e. The first kappa shape index (κ1) is 30.5. The van der Waals surface area contributed by atoms with Crippen molar-refractivity contribution in [2.75, 3.05) is 0 Å². The van der Waals surface area contributed by atoms with Crippen molar-refractivity contribution >= 4 is 23.7 Å². The molecule has 0 aliphatic carbocycles. The number of hydrogen-bond acceptors (Lipinski definition) is 6. The van der Waals surface area contributed by atoms with E-state index in [1.165, 1.54) is 12.5 Å². The molecule has 0 bridgehead atoms. The number of hydrogen-bond donors (Lipinski definition) is 6. The summed E-state index contributed by atoms with van der Waals surface area (Å²) < 4.78 is 0. The molecule has 1 heterocycles. The van der Waals surface area contributed by atoms with E-state index in [0.29, 0.717) is 18.5 Å². The fraction of sp³-hybridized carbons (Fsp3) is 0.519. The molecule has 11 nitrogen and oxygen atoms in total. The molecule has 1 aromatic carbocycles. The highest BCUT2D eigenvalue weighted by molar-refractivity contribution is 5.94. The van der Waals surface area contributed by atoms with E-state index in [-0.39, 0.29) is 24.7 Å². The van der Waals surface area contributed by atoms with E-state index in [9.17, 15) is 24.3 Å². The van der Waals surface area contributed by atoms with Crippen molar-refractivity contribution in [1.29, 1.82) is 0 Å². The Bertz CT molecular complexity index is 1050. The predicted octanol–water partition coefficient (Wildman–Crippen LogP) is 1.15. The second-order valence-electron chi connectivity index (χ2n) is 9.71. The number of nitrogens with two attached hydrogens (primary N) is 1. The monoisotopic (exact) mass is 528 g/mol. The van der Waals surface area contributed by atoms with E-state index in [1.807, 2.05) is 51.1 Å². The molecule has 0 aliphatic rings. The number of aliphatic carboxylic acids is 1. The van der Waals surface area contributed by atoms with E-state index in [0.717, 1.165) is 5.56 Å². The standard InChI is InChI=1S/C27H40N6O5/c1-5-16(3)22(28)26(36)32-20(12-18-10-8-7-9-11-18)24(34)31-21(13-19-14-29-15-30-19)25(35)33-23(27(37)38)17(4)6-2/h7-11,14-17,20-23H,5-6,12-13,28H2,1-4H3,(H,29,30)(H,31,34)(H,32,36)(H,33,35)(H,37,38). The summed E-state index contributed by atoms with van der Waals surface area (Å²) >= 11 is 0. The Labute approximate surface area is 223 Å². The summed E-state index contributed by atoms with van der Waals surface area (Å²) in [6, 6.07) is 5.10. The summed E-state index contributed by atoms with van der Waals surface area (Å²) in [5, 5.41) is 17.7. The lowest BCUT2D eigenvalue weighted by Crippen LogP contribution is -2.59. The van der Waals surface area contributed by atoms with Crippen LogP contribution >= 0.6 is 0 Å². The van der Waals surface area contributed by atoms with E-state index >= 15 is 0 Å². The Balaban J connectivity index is 2.29. The molecule has 6 atom stereocenters. The van der Waals surface area contributed by atoms with Gasteiger partial charge in [0.1, 0.15) is 18.1 Å². The quantitative estimate of drug-likeness (QED) is 0.201. The number of imidazole rings is 1. The number of benzene rings is 1. The summed E-state index contributed by atoms with van der Waals surface area (Å²) in [7, 11) is 0. The summed E-state index contributed by atoms with van der Waals surface area (Å²) in [5.41, 5.74) is 7.48. The van der Waals surface area contributed by atoms with E-state index in [2.05, 4.69) is 25.9 Å². The van der Waals surface area contributed by atoms with Crippen LogP contribution < -0.4 is 21.7 Å². The first-order valence-corrected chi connectivity index (χ1v) is 13.0. The number of carboxylic acids is 1. The van der Waals surface area contributed by atoms with Crippen molar-refractivity contribution in [3.8, 4) is 0 Å². The molecule has 0 fully saturated rings. The van der Waals surface area contributed by atoms with Crippen LogP contribution in [0.3, 0.4) is 0 Å². The normalized spacial score (nSPS) is 15.8. The van der Waals surface area contributed by atoms with Gasteiger partial charge in [0, 0.05) is 24.7 Å². The average Bonchev–Trinajstić information content (AvgIpc) is 3.42. The van der Waals surface area contributed by atoms with E-state index < -0.39 is 47.9 Å². The molecule has 0 saturated heterocycles. The van der Waals surface area contributed by atoms with Crippen LogP contribution in [0, 0.1) is 11.8 Å². The minimum absolute atomic E-state index is 0.0444. The highest BCUT2D eigenvalue weighted by atomic mass is 16.4. The lowest BCUT2D eigenvalue weighted by molar-refractivity contribution is -0.143. The van der Waals surface area contributed by atoms with Crippen LogP contribution in [0.4, 0.5) is 0 Å². The fourth-order valence-electron chi connectivity index (χ4n) is 3.87. The maximum atomic E-state index is 13.5. The second kappa shape index (κ2) is 14.9. The van der Waals surface area contributed by atoms with Gasteiger partial charge in [-0.1, -0.05) is 70.9 Å². The van der Waals surface area contributed by atoms with Gasteiger partial charge < -0.3 is 31.8 Å². The lowest BCUT2D eigenvalue weighted by Gasteiger charge is -2.27. The third-order valence-electron chi connectivity index (χ3n) is 6.86. The number of aromatic amines is 1. The molecule has 2 rings (SSSR count). The number of carbonyl (C=O) groups excluding carboxylic acids is 3. The van der Waals surface area contributed by atoms with Crippen LogP contribution in [0.15, 0.2) is 42.9 Å². The van der Waals surface area contributed by atoms with E-state index in [4.69, 9.17) is 5.73 Å². The summed E-state index contributed by atoms with van der Waals surface area (Å²) in [6.45, 7) is 7.34. The van der Waals surface area contributed by atoms with Crippen molar-refractivity contribution < 1.29 is 24.3 Å². The third kappa shape index (κ3) is 8.98. The third-order valence-corrected chi connectivity index (χ3v) is 6.86. The van der Waals surface area contributed by atoms with Crippen LogP contribution in [-0.2, 0) is 32.0 Å². The lowest BCUT2D eigenvalue weighted by atomic mass is 9.97.